The van der Waals surface area contributed by atoms with Gasteiger partial charge >= 0.3 is 0 Å². The molecule has 0 aromatic carbocycles. The Morgan fingerprint density at radius 3 is 2.15 bits per heavy atom. The molecule has 1 aliphatic rings. The third-order valence-corrected chi connectivity index (χ3v) is 2.21. The van der Waals surface area contributed by atoms with Gasteiger partial charge in [-0.1, -0.05) is 52.5 Å². The van der Waals surface area contributed by atoms with E-state index >= 15 is 0 Å². The monoisotopic (exact) mass is 178 g/mol. The molecule has 13 heavy (non-hydrogen) atoms. The van der Waals surface area contributed by atoms with Crippen LogP contribution in [0, 0.1) is 5.92 Å². The third kappa shape index (κ3) is 3.63. The van der Waals surface area contributed by atoms with Crippen LogP contribution in [0.5, 0.6) is 0 Å². The van der Waals surface area contributed by atoms with E-state index in [9.17, 15) is 0 Å². The van der Waals surface area contributed by atoms with Crippen molar-refractivity contribution in [2.75, 3.05) is 0 Å². The van der Waals surface area contributed by atoms with Gasteiger partial charge < -0.3 is 0 Å². The first-order valence-corrected chi connectivity index (χ1v) is 5.19. The molecule has 0 aromatic heterocycles. The van der Waals surface area contributed by atoms with Gasteiger partial charge in [0.1, 0.15) is 0 Å². The Balaban J connectivity index is 0.000000424. The van der Waals surface area contributed by atoms with Gasteiger partial charge in [-0.3, -0.25) is 0 Å². The molecule has 0 N–H and O–H groups in total. The molecule has 1 unspecified atom stereocenters. The van der Waals surface area contributed by atoms with Crippen molar-refractivity contribution in [2.45, 2.75) is 40.0 Å². The highest BCUT2D eigenvalue weighted by molar-refractivity contribution is 5.36. The predicted molar refractivity (Wildman–Crippen MR) is 61.8 cm³/mol. The fraction of sp³-hybridized carbons (Fsp3) is 0.538. The molecular formula is C13H22. The second kappa shape index (κ2) is 6.71. The van der Waals surface area contributed by atoms with Crippen molar-refractivity contribution < 1.29 is 0 Å². The van der Waals surface area contributed by atoms with E-state index in [4.69, 9.17) is 0 Å². The summed E-state index contributed by atoms with van der Waals surface area (Å²) in [4.78, 5) is 0. The Kier molecular flexibility index (Phi) is 6.30. The smallest absolute Gasteiger partial charge is 0.0185 e. The minimum Gasteiger partial charge on any atom is -0.0988 e. The largest absolute Gasteiger partial charge is 0.0988 e. The molecule has 0 saturated carbocycles. The Morgan fingerprint density at radius 2 is 1.85 bits per heavy atom. The van der Waals surface area contributed by atoms with Crippen LogP contribution in [0.3, 0.4) is 0 Å². The molecule has 0 bridgehead atoms. The summed E-state index contributed by atoms with van der Waals surface area (Å²) in [6, 6.07) is 0. The third-order valence-electron chi connectivity index (χ3n) is 2.21. The Labute approximate surface area is 83.0 Å². The minimum absolute atomic E-state index is 0.700. The second-order valence-corrected chi connectivity index (χ2v) is 3.54. The number of allylic oxidation sites excluding steroid dienone is 4. The molecule has 0 heteroatoms. The van der Waals surface area contributed by atoms with Crippen LogP contribution < -0.4 is 0 Å². The first kappa shape index (κ1) is 12.2. The van der Waals surface area contributed by atoms with Crippen molar-refractivity contribution in [3.63, 3.8) is 0 Å². The first-order valence-electron chi connectivity index (χ1n) is 5.19. The molecule has 0 aromatic rings. The number of hydrogen-bond donors (Lipinski definition) is 0. The molecule has 74 valence electrons. The zero-order valence-corrected chi connectivity index (χ0v) is 9.27. The van der Waals surface area contributed by atoms with Gasteiger partial charge in [-0.05, 0) is 29.9 Å². The van der Waals surface area contributed by atoms with Gasteiger partial charge in [-0.15, -0.1) is 0 Å². The minimum atomic E-state index is 0.700. The summed E-state index contributed by atoms with van der Waals surface area (Å²) in [7, 11) is 0. The van der Waals surface area contributed by atoms with Crippen LogP contribution in [0.2, 0.25) is 0 Å². The molecule has 0 amide bonds. The quantitative estimate of drug-likeness (QED) is 0.584. The first-order chi connectivity index (χ1) is 6.21. The predicted octanol–water partition coefficient (Wildman–Crippen LogP) is 4.50. The van der Waals surface area contributed by atoms with E-state index in [1.54, 1.807) is 0 Å². The lowest BCUT2D eigenvalue weighted by atomic mass is 10.0. The molecule has 0 fully saturated rings. The highest BCUT2D eigenvalue weighted by Gasteiger charge is 2.16. The fourth-order valence-electron chi connectivity index (χ4n) is 1.54. The maximum Gasteiger partial charge on any atom is -0.0185 e. The van der Waals surface area contributed by atoms with E-state index in [0.717, 1.165) is 0 Å². The van der Waals surface area contributed by atoms with Gasteiger partial charge in [-0.2, -0.15) is 0 Å². The molecule has 1 atom stereocenters. The van der Waals surface area contributed by atoms with Gasteiger partial charge in [0, 0.05) is 0 Å². The maximum atomic E-state index is 3.79. The SMILES string of the molecule is C=CC1=C(C=C)C(C)CC1.CCC. The van der Waals surface area contributed by atoms with Gasteiger partial charge in [0.05, 0.1) is 0 Å². The topological polar surface area (TPSA) is 0 Å². The molecule has 0 saturated heterocycles. The average molecular weight is 178 g/mol. The van der Waals surface area contributed by atoms with Gasteiger partial charge in [0.25, 0.3) is 0 Å². The summed E-state index contributed by atoms with van der Waals surface area (Å²) in [5.41, 5.74) is 2.79. The molecule has 0 nitrogen and oxygen atoms in total. The molecule has 0 aliphatic heterocycles. The van der Waals surface area contributed by atoms with E-state index in [2.05, 4.69) is 33.9 Å². The van der Waals surface area contributed by atoms with Crippen LogP contribution in [0.15, 0.2) is 36.5 Å². The lowest BCUT2D eigenvalue weighted by Gasteiger charge is -2.02. The Morgan fingerprint density at radius 1 is 1.31 bits per heavy atom. The average Bonchev–Trinajstić information content (AvgIpc) is 2.47. The van der Waals surface area contributed by atoms with Crippen LogP contribution in [0.25, 0.3) is 0 Å². The highest BCUT2D eigenvalue weighted by atomic mass is 14.2. The van der Waals surface area contributed by atoms with Crippen LogP contribution in [0.1, 0.15) is 40.0 Å². The van der Waals surface area contributed by atoms with Gasteiger partial charge in [-0.25, -0.2) is 0 Å². The zero-order valence-electron chi connectivity index (χ0n) is 9.27. The Hall–Kier alpha value is -0.780. The summed E-state index contributed by atoms with van der Waals surface area (Å²) >= 11 is 0. The lowest BCUT2D eigenvalue weighted by Crippen LogP contribution is -1.88. The van der Waals surface area contributed by atoms with Crippen LogP contribution in [-0.4, -0.2) is 0 Å². The summed E-state index contributed by atoms with van der Waals surface area (Å²) in [5, 5.41) is 0. The molecule has 0 heterocycles. The highest BCUT2D eigenvalue weighted by Crippen LogP contribution is 2.32. The van der Waals surface area contributed by atoms with E-state index in [0.29, 0.717) is 5.92 Å². The van der Waals surface area contributed by atoms with E-state index < -0.39 is 0 Å². The Bertz CT molecular complexity index is 196. The summed E-state index contributed by atoms with van der Waals surface area (Å²) in [6.45, 7) is 14.0. The zero-order chi connectivity index (χ0) is 10.3. The molecular weight excluding hydrogens is 156 g/mol. The van der Waals surface area contributed by atoms with Crippen LogP contribution in [-0.2, 0) is 0 Å². The molecule has 1 aliphatic carbocycles. The van der Waals surface area contributed by atoms with Crippen LogP contribution >= 0.6 is 0 Å². The van der Waals surface area contributed by atoms with Crippen molar-refractivity contribution in [3.05, 3.63) is 36.5 Å². The second-order valence-electron chi connectivity index (χ2n) is 3.54. The van der Waals surface area contributed by atoms with Crippen molar-refractivity contribution in [3.8, 4) is 0 Å². The maximum absolute atomic E-state index is 3.79. The molecule has 1 rings (SSSR count). The lowest BCUT2D eigenvalue weighted by molar-refractivity contribution is 0.680. The molecule has 0 spiro atoms. The summed E-state index contributed by atoms with van der Waals surface area (Å²) in [5.74, 6) is 0.700. The van der Waals surface area contributed by atoms with Crippen molar-refractivity contribution in [2.24, 2.45) is 5.92 Å². The number of rotatable bonds is 2. The standard InChI is InChI=1S/C10H14.C3H8/c1-4-9-7-6-8(3)10(9)5-2;1-3-2/h4-5,8H,1-2,6-7H2,3H3;3H2,1-2H3. The van der Waals surface area contributed by atoms with Crippen molar-refractivity contribution >= 4 is 0 Å². The van der Waals surface area contributed by atoms with E-state index in [1.165, 1.54) is 30.4 Å². The summed E-state index contributed by atoms with van der Waals surface area (Å²) < 4.78 is 0. The van der Waals surface area contributed by atoms with Crippen LogP contribution in [0.4, 0.5) is 0 Å². The van der Waals surface area contributed by atoms with Gasteiger partial charge in [0.2, 0.25) is 0 Å². The number of hydrogen-bond acceptors (Lipinski definition) is 0. The summed E-state index contributed by atoms with van der Waals surface area (Å²) in [6.07, 6.45) is 7.63. The molecule has 0 radical (unpaired) electrons. The normalized spacial score (nSPS) is 20.7. The van der Waals surface area contributed by atoms with Crippen molar-refractivity contribution in [1.29, 1.82) is 0 Å². The van der Waals surface area contributed by atoms with Crippen molar-refractivity contribution in [1.82, 2.24) is 0 Å². The van der Waals surface area contributed by atoms with E-state index in [-0.39, 0.29) is 0 Å². The fourth-order valence-corrected chi connectivity index (χ4v) is 1.54. The van der Waals surface area contributed by atoms with Gasteiger partial charge in [0.15, 0.2) is 0 Å². The van der Waals surface area contributed by atoms with E-state index in [1.807, 2.05) is 12.2 Å².